The van der Waals surface area contributed by atoms with Crippen LogP contribution < -0.4 is 14.2 Å². The Balaban J connectivity index is 2.48. The summed E-state index contributed by atoms with van der Waals surface area (Å²) in [6.07, 6.45) is 1.08. The van der Waals surface area contributed by atoms with Gasteiger partial charge in [0.1, 0.15) is 18.9 Å². The van der Waals surface area contributed by atoms with E-state index < -0.39 is 32.6 Å². The quantitative estimate of drug-likeness (QED) is 0.573. The van der Waals surface area contributed by atoms with Crippen LogP contribution in [0, 0.1) is 0 Å². The molecule has 0 aliphatic carbocycles. The minimum atomic E-state index is -4.34. The van der Waals surface area contributed by atoms with Crippen LogP contribution in [0.2, 0.25) is 0 Å². The van der Waals surface area contributed by atoms with E-state index in [1.54, 1.807) is 0 Å². The summed E-state index contributed by atoms with van der Waals surface area (Å²) in [5.41, 5.74) is 1.19. The molecule has 0 aromatic heterocycles. The van der Waals surface area contributed by atoms with Crippen molar-refractivity contribution in [2.45, 2.75) is 12.4 Å². The molecule has 2 rings (SSSR count). The SMILES string of the molecule is COC(=O)CN(c1ccc(CS(C)(=O)=O)cc1OCc1ccccc1)S(N)(=O)=O. The van der Waals surface area contributed by atoms with Crippen molar-refractivity contribution >= 4 is 31.7 Å². The second-order valence-corrected chi connectivity index (χ2v) is 9.89. The van der Waals surface area contributed by atoms with Crippen molar-refractivity contribution in [2.75, 3.05) is 24.2 Å². The molecule has 0 amide bonds. The second kappa shape index (κ2) is 9.25. The first-order chi connectivity index (χ1) is 13.5. The van der Waals surface area contributed by atoms with Gasteiger partial charge in [-0.25, -0.2) is 17.9 Å². The van der Waals surface area contributed by atoms with Gasteiger partial charge in [0, 0.05) is 6.26 Å². The number of benzene rings is 2. The summed E-state index contributed by atoms with van der Waals surface area (Å²) in [5, 5.41) is 5.27. The number of methoxy groups -OCH3 is 1. The second-order valence-electron chi connectivity index (χ2n) is 6.27. The first-order valence-electron chi connectivity index (χ1n) is 8.34. The fourth-order valence-electron chi connectivity index (χ4n) is 2.50. The van der Waals surface area contributed by atoms with Crippen molar-refractivity contribution in [1.82, 2.24) is 0 Å². The van der Waals surface area contributed by atoms with E-state index in [-0.39, 0.29) is 23.8 Å². The fourth-order valence-corrected chi connectivity index (χ4v) is 4.00. The molecule has 2 aromatic carbocycles. The van der Waals surface area contributed by atoms with Gasteiger partial charge in [0.15, 0.2) is 9.84 Å². The molecule has 0 atom stereocenters. The van der Waals surface area contributed by atoms with E-state index >= 15 is 0 Å². The minimum absolute atomic E-state index is 0.00826. The van der Waals surface area contributed by atoms with E-state index in [4.69, 9.17) is 9.88 Å². The molecule has 2 N–H and O–H groups in total. The third-order valence-electron chi connectivity index (χ3n) is 3.77. The number of rotatable bonds is 9. The zero-order chi connectivity index (χ0) is 21.7. The Labute approximate surface area is 170 Å². The molecule has 29 heavy (non-hydrogen) atoms. The van der Waals surface area contributed by atoms with Crippen LogP contribution in [0.15, 0.2) is 48.5 Å². The average molecular weight is 443 g/mol. The number of ether oxygens (including phenoxy) is 2. The number of carbonyl (C=O) groups is 1. The molecule has 0 unspecified atom stereocenters. The lowest BCUT2D eigenvalue weighted by Crippen LogP contribution is -2.41. The Morgan fingerprint density at radius 3 is 2.24 bits per heavy atom. The van der Waals surface area contributed by atoms with Gasteiger partial charge in [-0.2, -0.15) is 8.42 Å². The van der Waals surface area contributed by atoms with Gasteiger partial charge in [-0.3, -0.25) is 4.79 Å². The number of sulfone groups is 1. The van der Waals surface area contributed by atoms with Gasteiger partial charge in [-0.05, 0) is 23.3 Å². The van der Waals surface area contributed by atoms with E-state index in [9.17, 15) is 21.6 Å². The molecule has 0 bridgehead atoms. The third kappa shape index (κ3) is 7.04. The maximum Gasteiger partial charge on any atom is 0.326 e. The normalized spacial score (nSPS) is 11.7. The average Bonchev–Trinajstić information content (AvgIpc) is 2.63. The zero-order valence-electron chi connectivity index (χ0n) is 15.9. The van der Waals surface area contributed by atoms with E-state index in [2.05, 4.69) is 4.74 Å². The Hall–Kier alpha value is -2.63. The Kier molecular flexibility index (Phi) is 7.22. The first-order valence-corrected chi connectivity index (χ1v) is 11.9. The monoisotopic (exact) mass is 442 g/mol. The molecule has 9 nitrogen and oxygen atoms in total. The maximum absolute atomic E-state index is 12.1. The molecule has 0 heterocycles. The highest BCUT2D eigenvalue weighted by atomic mass is 32.2. The largest absolute Gasteiger partial charge is 0.487 e. The lowest BCUT2D eigenvalue weighted by atomic mass is 10.2. The standard InChI is InChI=1S/C18H22N2O7S2/c1-26-18(21)11-20(29(19,24)25)16-9-8-15(13-28(2,22)23)10-17(16)27-12-14-6-4-3-5-7-14/h3-10H,11-13H2,1-2H3,(H2,19,24,25). The highest BCUT2D eigenvalue weighted by Crippen LogP contribution is 2.32. The van der Waals surface area contributed by atoms with Crippen LogP contribution >= 0.6 is 0 Å². The molecule has 0 aliphatic heterocycles. The topological polar surface area (TPSA) is 133 Å². The van der Waals surface area contributed by atoms with Crippen molar-refractivity contribution in [1.29, 1.82) is 0 Å². The van der Waals surface area contributed by atoms with Crippen LogP contribution in [0.25, 0.3) is 0 Å². The summed E-state index contributed by atoms with van der Waals surface area (Å²) in [6.45, 7) is -0.574. The van der Waals surface area contributed by atoms with Crippen molar-refractivity contribution in [2.24, 2.45) is 5.14 Å². The predicted octanol–water partition coefficient (Wildman–Crippen LogP) is 0.993. The molecule has 0 saturated carbocycles. The van der Waals surface area contributed by atoms with E-state index in [1.165, 1.54) is 18.2 Å². The zero-order valence-corrected chi connectivity index (χ0v) is 17.6. The molecular weight excluding hydrogens is 420 g/mol. The Morgan fingerprint density at radius 1 is 1.03 bits per heavy atom. The Bertz CT molecular complexity index is 1070. The Morgan fingerprint density at radius 2 is 1.69 bits per heavy atom. The van der Waals surface area contributed by atoms with Crippen molar-refractivity contribution in [3.63, 3.8) is 0 Å². The van der Waals surface area contributed by atoms with E-state index in [1.807, 2.05) is 30.3 Å². The molecule has 158 valence electrons. The summed E-state index contributed by atoms with van der Waals surface area (Å²) in [6, 6.07) is 13.3. The highest BCUT2D eigenvalue weighted by molar-refractivity contribution is 7.90. The number of hydrogen-bond donors (Lipinski definition) is 1. The summed E-state index contributed by atoms with van der Waals surface area (Å²) < 4.78 is 58.3. The van der Waals surface area contributed by atoms with Crippen LogP contribution in [-0.4, -0.2) is 42.7 Å². The van der Waals surface area contributed by atoms with Crippen LogP contribution in [0.5, 0.6) is 5.75 Å². The van der Waals surface area contributed by atoms with E-state index in [0.717, 1.165) is 18.9 Å². The fraction of sp³-hybridized carbons (Fsp3) is 0.278. The van der Waals surface area contributed by atoms with Gasteiger partial charge in [-0.15, -0.1) is 0 Å². The maximum atomic E-state index is 12.1. The molecule has 2 aromatic rings. The number of nitrogens with two attached hydrogens (primary N) is 1. The smallest absolute Gasteiger partial charge is 0.326 e. The van der Waals surface area contributed by atoms with Gasteiger partial charge >= 0.3 is 5.97 Å². The van der Waals surface area contributed by atoms with Crippen molar-refractivity contribution in [3.05, 3.63) is 59.7 Å². The number of esters is 1. The van der Waals surface area contributed by atoms with Gasteiger partial charge in [0.05, 0.1) is 18.6 Å². The minimum Gasteiger partial charge on any atom is -0.487 e. The van der Waals surface area contributed by atoms with Gasteiger partial charge in [0.25, 0.3) is 10.2 Å². The molecule has 0 fully saturated rings. The summed E-state index contributed by atoms with van der Waals surface area (Å²) in [5.74, 6) is -1.03. The van der Waals surface area contributed by atoms with Crippen LogP contribution in [-0.2, 0) is 41.9 Å². The van der Waals surface area contributed by atoms with Crippen molar-refractivity contribution in [3.8, 4) is 5.75 Å². The molecule has 0 aliphatic rings. The highest BCUT2D eigenvalue weighted by Gasteiger charge is 2.25. The molecule has 0 spiro atoms. The van der Waals surface area contributed by atoms with Crippen molar-refractivity contribution < 1.29 is 31.1 Å². The van der Waals surface area contributed by atoms with Gasteiger partial charge in [-0.1, -0.05) is 36.4 Å². The first kappa shape index (κ1) is 22.7. The van der Waals surface area contributed by atoms with Crippen LogP contribution in [0.4, 0.5) is 5.69 Å². The molecular formula is C18H22N2O7S2. The number of nitrogens with zero attached hydrogens (tertiary/aromatic N) is 1. The number of anilines is 1. The predicted molar refractivity (Wildman–Crippen MR) is 108 cm³/mol. The van der Waals surface area contributed by atoms with Crippen LogP contribution in [0.3, 0.4) is 0 Å². The van der Waals surface area contributed by atoms with E-state index in [0.29, 0.717) is 9.87 Å². The molecule has 11 heteroatoms. The van der Waals surface area contributed by atoms with Crippen LogP contribution in [0.1, 0.15) is 11.1 Å². The third-order valence-corrected chi connectivity index (χ3v) is 5.56. The number of carbonyl (C=O) groups excluding carboxylic acids is 1. The lowest BCUT2D eigenvalue weighted by molar-refractivity contribution is -0.138. The summed E-state index contributed by atoms with van der Waals surface area (Å²) in [4.78, 5) is 11.7. The molecule has 0 saturated heterocycles. The van der Waals surface area contributed by atoms with Gasteiger partial charge < -0.3 is 9.47 Å². The number of hydrogen-bond acceptors (Lipinski definition) is 7. The summed E-state index contributed by atoms with van der Waals surface area (Å²) in [7, 11) is -6.56. The lowest BCUT2D eigenvalue weighted by Gasteiger charge is -2.23. The van der Waals surface area contributed by atoms with Gasteiger partial charge in [0.2, 0.25) is 0 Å². The molecule has 0 radical (unpaired) electrons. The summed E-state index contributed by atoms with van der Waals surface area (Å²) >= 11 is 0.